The van der Waals surface area contributed by atoms with Crippen LogP contribution in [-0.2, 0) is 16.7 Å². The molecule has 1 N–H and O–H groups in total. The first-order chi connectivity index (χ1) is 9.68. The third kappa shape index (κ3) is 3.61. The van der Waals surface area contributed by atoms with E-state index in [2.05, 4.69) is 24.1 Å². The Labute approximate surface area is 122 Å². The van der Waals surface area contributed by atoms with Crippen molar-refractivity contribution in [3.63, 3.8) is 0 Å². The van der Waals surface area contributed by atoms with Gasteiger partial charge in [0.2, 0.25) is 0 Å². The fourth-order valence-corrected chi connectivity index (χ4v) is 3.56. The minimum atomic E-state index is 0.225. The smallest absolute Gasteiger partial charge is 0.181 e. The summed E-state index contributed by atoms with van der Waals surface area (Å²) < 4.78 is 10.9. The van der Waals surface area contributed by atoms with Crippen LogP contribution in [0.25, 0.3) is 0 Å². The Hall–Kier alpha value is -0.870. The number of aromatic nitrogens is 1. The molecule has 20 heavy (non-hydrogen) atoms. The average molecular weight is 280 g/mol. The van der Waals surface area contributed by atoms with Crippen LogP contribution in [0.3, 0.4) is 0 Å². The van der Waals surface area contributed by atoms with E-state index < -0.39 is 0 Å². The molecule has 1 aliphatic carbocycles. The first-order valence-electron chi connectivity index (χ1n) is 7.80. The van der Waals surface area contributed by atoms with Gasteiger partial charge in [0.15, 0.2) is 6.39 Å². The molecule has 0 spiro atoms. The van der Waals surface area contributed by atoms with Crippen LogP contribution in [0.1, 0.15) is 57.4 Å². The molecular formula is C16H28N2O2. The molecule has 1 heterocycles. The van der Waals surface area contributed by atoms with E-state index in [1.54, 1.807) is 13.5 Å². The summed E-state index contributed by atoms with van der Waals surface area (Å²) in [6, 6.07) is 0. The molecule has 2 rings (SSSR count). The highest BCUT2D eigenvalue weighted by Crippen LogP contribution is 2.46. The maximum atomic E-state index is 5.83. The van der Waals surface area contributed by atoms with Gasteiger partial charge in [0, 0.05) is 25.6 Å². The van der Waals surface area contributed by atoms with Crippen LogP contribution in [0.15, 0.2) is 10.8 Å². The molecule has 0 atom stereocenters. The van der Waals surface area contributed by atoms with E-state index in [1.165, 1.54) is 32.1 Å². The number of hydrogen-bond acceptors (Lipinski definition) is 4. The molecule has 0 aliphatic heterocycles. The quantitative estimate of drug-likeness (QED) is 0.742. The van der Waals surface area contributed by atoms with Crippen molar-refractivity contribution < 1.29 is 9.15 Å². The third-order valence-electron chi connectivity index (χ3n) is 4.26. The fourth-order valence-electron chi connectivity index (χ4n) is 3.56. The lowest BCUT2D eigenvalue weighted by Crippen LogP contribution is -2.27. The summed E-state index contributed by atoms with van der Waals surface area (Å²) >= 11 is 0. The molecule has 1 fully saturated rings. The monoisotopic (exact) mass is 280 g/mol. The summed E-state index contributed by atoms with van der Waals surface area (Å²) in [5, 5.41) is 3.38. The molecule has 1 aromatic rings. The van der Waals surface area contributed by atoms with Crippen LogP contribution < -0.4 is 5.32 Å². The normalized spacial score (nSPS) is 18.0. The minimum Gasteiger partial charge on any atom is -0.448 e. The van der Waals surface area contributed by atoms with Crippen molar-refractivity contribution in [2.24, 2.45) is 5.92 Å². The maximum Gasteiger partial charge on any atom is 0.181 e. The van der Waals surface area contributed by atoms with Crippen LogP contribution in [0.5, 0.6) is 0 Å². The Balaban J connectivity index is 2.07. The lowest BCUT2D eigenvalue weighted by Gasteiger charge is -2.29. The average Bonchev–Trinajstić information content (AvgIpc) is 3.03. The van der Waals surface area contributed by atoms with Crippen molar-refractivity contribution in [1.29, 1.82) is 0 Å². The largest absolute Gasteiger partial charge is 0.448 e. The Morgan fingerprint density at radius 3 is 2.80 bits per heavy atom. The second-order valence-electron chi connectivity index (χ2n) is 6.38. The number of hydrogen-bond donors (Lipinski definition) is 1. The Kier molecular flexibility index (Phi) is 5.61. The molecule has 0 bridgehead atoms. The van der Waals surface area contributed by atoms with E-state index in [0.29, 0.717) is 5.92 Å². The first-order valence-corrected chi connectivity index (χ1v) is 7.80. The zero-order chi connectivity index (χ0) is 14.4. The van der Waals surface area contributed by atoms with Crippen molar-refractivity contribution >= 4 is 0 Å². The van der Waals surface area contributed by atoms with Gasteiger partial charge in [-0.05, 0) is 25.2 Å². The molecule has 0 amide bonds. The SMILES string of the molecule is COCCNCc1ncoc1C1(CC(C)C)CCCC1. The van der Waals surface area contributed by atoms with Gasteiger partial charge in [-0.1, -0.05) is 26.7 Å². The van der Waals surface area contributed by atoms with E-state index in [0.717, 1.165) is 31.2 Å². The standard InChI is InChI=1S/C16H28N2O2/c1-13(2)10-16(6-4-5-7-16)15-14(18-12-20-15)11-17-8-9-19-3/h12-13,17H,4-11H2,1-3H3. The highest BCUT2D eigenvalue weighted by molar-refractivity contribution is 5.21. The van der Waals surface area contributed by atoms with Crippen LogP contribution in [0.2, 0.25) is 0 Å². The molecule has 0 saturated heterocycles. The molecular weight excluding hydrogens is 252 g/mol. The van der Waals surface area contributed by atoms with E-state index in [-0.39, 0.29) is 5.41 Å². The van der Waals surface area contributed by atoms with Gasteiger partial charge < -0.3 is 14.5 Å². The lowest BCUT2D eigenvalue weighted by atomic mass is 9.76. The van der Waals surface area contributed by atoms with Gasteiger partial charge in [0.05, 0.1) is 12.3 Å². The highest BCUT2D eigenvalue weighted by atomic mass is 16.5. The van der Waals surface area contributed by atoms with E-state index >= 15 is 0 Å². The second-order valence-corrected chi connectivity index (χ2v) is 6.38. The number of nitrogens with one attached hydrogen (secondary N) is 1. The molecule has 1 aliphatic rings. The minimum absolute atomic E-state index is 0.225. The zero-order valence-corrected chi connectivity index (χ0v) is 13.1. The number of rotatable bonds is 8. The molecule has 114 valence electrons. The topological polar surface area (TPSA) is 47.3 Å². The van der Waals surface area contributed by atoms with Crippen molar-refractivity contribution in [2.75, 3.05) is 20.3 Å². The second kappa shape index (κ2) is 7.23. The number of methoxy groups -OCH3 is 1. The van der Waals surface area contributed by atoms with Crippen LogP contribution in [0, 0.1) is 5.92 Å². The fraction of sp³-hybridized carbons (Fsp3) is 0.812. The van der Waals surface area contributed by atoms with Crippen LogP contribution >= 0.6 is 0 Å². The third-order valence-corrected chi connectivity index (χ3v) is 4.26. The summed E-state index contributed by atoms with van der Waals surface area (Å²) in [5.74, 6) is 1.82. The van der Waals surface area contributed by atoms with Crippen molar-refractivity contribution in [3.05, 3.63) is 17.8 Å². The van der Waals surface area contributed by atoms with Crippen molar-refractivity contribution in [3.8, 4) is 0 Å². The summed E-state index contributed by atoms with van der Waals surface area (Å²) in [6.45, 7) is 6.94. The summed E-state index contributed by atoms with van der Waals surface area (Å²) in [5.41, 5.74) is 1.31. The highest BCUT2D eigenvalue weighted by Gasteiger charge is 2.40. The molecule has 1 aromatic heterocycles. The van der Waals surface area contributed by atoms with Crippen molar-refractivity contribution in [1.82, 2.24) is 10.3 Å². The molecule has 0 radical (unpaired) electrons. The van der Waals surface area contributed by atoms with Crippen molar-refractivity contribution in [2.45, 2.75) is 57.9 Å². The molecule has 1 saturated carbocycles. The zero-order valence-electron chi connectivity index (χ0n) is 13.1. The van der Waals surface area contributed by atoms with Crippen LogP contribution in [-0.4, -0.2) is 25.2 Å². The molecule has 0 unspecified atom stereocenters. The van der Waals surface area contributed by atoms with E-state index in [4.69, 9.17) is 9.15 Å². The summed E-state index contributed by atoms with van der Waals surface area (Å²) in [7, 11) is 1.72. The van der Waals surface area contributed by atoms with Gasteiger partial charge >= 0.3 is 0 Å². The Morgan fingerprint density at radius 2 is 2.15 bits per heavy atom. The number of nitrogens with zero attached hydrogens (tertiary/aromatic N) is 1. The van der Waals surface area contributed by atoms with Gasteiger partial charge in [-0.25, -0.2) is 4.98 Å². The maximum absolute atomic E-state index is 5.83. The van der Waals surface area contributed by atoms with Gasteiger partial charge in [0.25, 0.3) is 0 Å². The van der Waals surface area contributed by atoms with Gasteiger partial charge in [-0.3, -0.25) is 0 Å². The summed E-state index contributed by atoms with van der Waals surface area (Å²) in [6.07, 6.45) is 7.92. The van der Waals surface area contributed by atoms with Gasteiger partial charge in [-0.15, -0.1) is 0 Å². The van der Waals surface area contributed by atoms with Gasteiger partial charge in [-0.2, -0.15) is 0 Å². The number of oxazole rings is 1. The summed E-state index contributed by atoms with van der Waals surface area (Å²) in [4.78, 5) is 4.44. The first kappa shape index (κ1) is 15.5. The Bertz CT molecular complexity index is 395. The predicted molar refractivity (Wildman–Crippen MR) is 79.7 cm³/mol. The molecule has 4 nitrogen and oxygen atoms in total. The van der Waals surface area contributed by atoms with Gasteiger partial charge in [0.1, 0.15) is 5.76 Å². The van der Waals surface area contributed by atoms with Crippen LogP contribution in [0.4, 0.5) is 0 Å². The number of ether oxygens (including phenoxy) is 1. The van der Waals surface area contributed by atoms with E-state index in [1.807, 2.05) is 0 Å². The van der Waals surface area contributed by atoms with E-state index in [9.17, 15) is 0 Å². The predicted octanol–water partition coefficient (Wildman–Crippen LogP) is 3.27. The lowest BCUT2D eigenvalue weighted by molar-refractivity contribution is 0.199. The Morgan fingerprint density at radius 1 is 1.40 bits per heavy atom. The molecule has 0 aromatic carbocycles. The molecule has 4 heteroatoms.